The number of oxazole rings is 1. The number of fused-ring (bicyclic) bond motifs is 11. The average Bonchev–Trinajstić information content (AvgIpc) is 4.01. The molecule has 0 aliphatic carbocycles. The Morgan fingerprint density at radius 2 is 1.13 bits per heavy atom. The molecule has 0 amide bonds. The molecule has 0 radical (unpaired) electrons. The number of anilines is 3. The first-order valence-corrected chi connectivity index (χ1v) is 19.2. The molecule has 0 saturated carbocycles. The van der Waals surface area contributed by atoms with Crippen molar-refractivity contribution in [3.05, 3.63) is 176 Å². The Labute approximate surface area is 318 Å². The molecule has 258 valence electrons. The number of para-hydroxylation sites is 2. The van der Waals surface area contributed by atoms with Gasteiger partial charge in [-0.1, -0.05) is 78.9 Å². The minimum atomic E-state index is 0.591. The van der Waals surface area contributed by atoms with Crippen molar-refractivity contribution in [1.29, 1.82) is 0 Å². The van der Waals surface area contributed by atoms with Crippen LogP contribution >= 0.6 is 11.3 Å². The van der Waals surface area contributed by atoms with Gasteiger partial charge < -0.3 is 18.3 Å². The Morgan fingerprint density at radius 1 is 0.473 bits per heavy atom. The van der Waals surface area contributed by atoms with Crippen LogP contribution in [0.3, 0.4) is 0 Å². The van der Waals surface area contributed by atoms with Crippen LogP contribution in [0, 0.1) is 0 Å². The fraction of sp³-hybridized carbons (Fsp3) is 0. The van der Waals surface area contributed by atoms with Crippen molar-refractivity contribution < 1.29 is 8.83 Å². The van der Waals surface area contributed by atoms with Gasteiger partial charge >= 0.3 is 0 Å². The number of furan rings is 1. The molecule has 0 N–H and O–H groups in total. The number of benzene rings is 8. The van der Waals surface area contributed by atoms with E-state index < -0.39 is 0 Å². The van der Waals surface area contributed by atoms with Crippen LogP contribution in [0.2, 0.25) is 0 Å². The number of aromatic nitrogens is 2. The van der Waals surface area contributed by atoms with E-state index in [1.54, 1.807) is 0 Å². The second kappa shape index (κ2) is 11.7. The first-order valence-electron chi connectivity index (χ1n) is 18.4. The summed E-state index contributed by atoms with van der Waals surface area (Å²) in [6.45, 7) is 0. The summed E-state index contributed by atoms with van der Waals surface area (Å²) in [6.07, 6.45) is 0. The molecule has 6 heteroatoms. The van der Waals surface area contributed by atoms with E-state index in [0.717, 1.165) is 66.9 Å². The molecule has 0 aliphatic heterocycles. The molecule has 0 fully saturated rings. The number of rotatable bonds is 5. The van der Waals surface area contributed by atoms with Crippen molar-refractivity contribution in [2.45, 2.75) is 0 Å². The first-order chi connectivity index (χ1) is 27.2. The van der Waals surface area contributed by atoms with Gasteiger partial charge in [-0.05, 0) is 97.1 Å². The highest BCUT2D eigenvalue weighted by Gasteiger charge is 2.22. The second-order valence-electron chi connectivity index (χ2n) is 14.0. The van der Waals surface area contributed by atoms with Crippen LogP contribution in [0.5, 0.6) is 0 Å². The molecule has 0 spiro atoms. The molecule has 55 heavy (non-hydrogen) atoms. The SMILES string of the molecule is c1ccc(-c2nc3ccc4oc5ccc(N(c6ccc7sc8ccccc8c7c6)c6ccc7c8ccccc8n(-c8ccccc8)c7c6)cc5c4c3o2)cc1. The number of hydrogen-bond acceptors (Lipinski definition) is 5. The third-order valence-corrected chi connectivity index (χ3v) is 12.0. The van der Waals surface area contributed by atoms with Gasteiger partial charge in [0.25, 0.3) is 0 Å². The molecule has 0 saturated heterocycles. The Kier molecular flexibility index (Phi) is 6.44. The van der Waals surface area contributed by atoms with E-state index in [-0.39, 0.29) is 0 Å². The lowest BCUT2D eigenvalue weighted by Gasteiger charge is -2.26. The monoisotopic (exact) mass is 723 g/mol. The van der Waals surface area contributed by atoms with E-state index >= 15 is 0 Å². The number of hydrogen-bond donors (Lipinski definition) is 0. The number of thiophene rings is 1. The van der Waals surface area contributed by atoms with E-state index in [9.17, 15) is 0 Å². The lowest BCUT2D eigenvalue weighted by atomic mass is 10.1. The zero-order valence-electron chi connectivity index (χ0n) is 29.3. The normalized spacial score (nSPS) is 12.0. The second-order valence-corrected chi connectivity index (χ2v) is 15.0. The smallest absolute Gasteiger partial charge is 0.227 e. The van der Waals surface area contributed by atoms with E-state index in [0.29, 0.717) is 5.89 Å². The van der Waals surface area contributed by atoms with Gasteiger partial charge in [0, 0.05) is 64.6 Å². The van der Waals surface area contributed by atoms with Crippen LogP contribution in [0.15, 0.2) is 185 Å². The van der Waals surface area contributed by atoms with Crippen molar-refractivity contribution in [3.63, 3.8) is 0 Å². The summed E-state index contributed by atoms with van der Waals surface area (Å²) in [6, 6.07) is 62.1. The van der Waals surface area contributed by atoms with Crippen LogP contribution in [0.25, 0.3) is 92.2 Å². The maximum atomic E-state index is 6.53. The third-order valence-electron chi connectivity index (χ3n) is 10.8. The minimum absolute atomic E-state index is 0.591. The predicted molar refractivity (Wildman–Crippen MR) is 229 cm³/mol. The minimum Gasteiger partial charge on any atom is -0.456 e. The van der Waals surface area contributed by atoms with Gasteiger partial charge in [-0.3, -0.25) is 0 Å². The van der Waals surface area contributed by atoms with Gasteiger partial charge in [-0.15, -0.1) is 11.3 Å². The van der Waals surface area contributed by atoms with Crippen LogP contribution in [0.4, 0.5) is 17.1 Å². The lowest BCUT2D eigenvalue weighted by Crippen LogP contribution is -2.10. The fourth-order valence-electron chi connectivity index (χ4n) is 8.33. The molecule has 8 aromatic carbocycles. The van der Waals surface area contributed by atoms with Crippen LogP contribution in [-0.4, -0.2) is 9.55 Å². The van der Waals surface area contributed by atoms with Gasteiger partial charge in [0.05, 0.1) is 16.4 Å². The van der Waals surface area contributed by atoms with Crippen LogP contribution in [0.1, 0.15) is 0 Å². The van der Waals surface area contributed by atoms with Gasteiger partial charge in [-0.25, -0.2) is 4.98 Å². The van der Waals surface area contributed by atoms with E-state index in [1.165, 1.54) is 36.5 Å². The summed E-state index contributed by atoms with van der Waals surface area (Å²) in [5, 5.41) is 6.84. The van der Waals surface area contributed by atoms with Crippen molar-refractivity contribution in [2.75, 3.05) is 4.90 Å². The molecule has 4 aromatic heterocycles. The predicted octanol–water partition coefficient (Wildman–Crippen LogP) is 14.3. The Bertz CT molecular complexity index is 3450. The molecular formula is C49H29N3O2S. The third kappa shape index (κ3) is 4.62. The summed E-state index contributed by atoms with van der Waals surface area (Å²) in [5.74, 6) is 0.591. The topological polar surface area (TPSA) is 47.3 Å². The van der Waals surface area contributed by atoms with Gasteiger partial charge in [0.1, 0.15) is 16.7 Å². The molecule has 0 bridgehead atoms. The number of nitrogens with zero attached hydrogens (tertiary/aromatic N) is 3. The Balaban J connectivity index is 1.12. The van der Waals surface area contributed by atoms with Crippen molar-refractivity contribution in [2.24, 2.45) is 0 Å². The quantitative estimate of drug-likeness (QED) is 0.177. The summed E-state index contributed by atoms with van der Waals surface area (Å²) in [7, 11) is 0. The van der Waals surface area contributed by atoms with Crippen molar-refractivity contribution in [1.82, 2.24) is 9.55 Å². The zero-order chi connectivity index (χ0) is 36.0. The molecule has 12 rings (SSSR count). The van der Waals surface area contributed by atoms with Crippen LogP contribution in [-0.2, 0) is 0 Å². The van der Waals surface area contributed by atoms with E-state index in [4.69, 9.17) is 13.8 Å². The zero-order valence-corrected chi connectivity index (χ0v) is 30.1. The summed E-state index contributed by atoms with van der Waals surface area (Å²) < 4.78 is 17.9. The van der Waals surface area contributed by atoms with Gasteiger partial charge in [-0.2, -0.15) is 0 Å². The highest BCUT2D eigenvalue weighted by atomic mass is 32.1. The Hall–Kier alpha value is -7.15. The molecule has 0 aliphatic rings. The highest BCUT2D eigenvalue weighted by molar-refractivity contribution is 7.25. The molecule has 12 aromatic rings. The van der Waals surface area contributed by atoms with Crippen LogP contribution < -0.4 is 4.90 Å². The summed E-state index contributed by atoms with van der Waals surface area (Å²) in [5.41, 5.74) is 10.6. The maximum Gasteiger partial charge on any atom is 0.227 e. The lowest BCUT2D eigenvalue weighted by molar-refractivity contribution is 0.622. The Morgan fingerprint density at radius 3 is 2.00 bits per heavy atom. The summed E-state index contributed by atoms with van der Waals surface area (Å²) in [4.78, 5) is 7.25. The van der Waals surface area contributed by atoms with Gasteiger partial charge in [0.15, 0.2) is 5.58 Å². The standard InChI is InChI=1S/C49H29N3O2S/c1-3-11-30(12-4-1)49-50-40-23-25-44-47(48(40)54-49)39-28-32(20-24-43(39)53-44)51(33-21-26-46-38(27-33)37-16-8-10-18-45(37)55-46)34-19-22-36-35-15-7-9-17-41(35)52(42(36)29-34)31-13-5-2-6-14-31/h1-29H. The van der Waals surface area contributed by atoms with E-state index in [2.05, 4.69) is 143 Å². The average molecular weight is 724 g/mol. The van der Waals surface area contributed by atoms with Crippen molar-refractivity contribution in [3.8, 4) is 17.1 Å². The van der Waals surface area contributed by atoms with Crippen molar-refractivity contribution >= 4 is 103 Å². The molecule has 0 unspecified atom stereocenters. The van der Waals surface area contributed by atoms with Gasteiger partial charge in [0.2, 0.25) is 5.89 Å². The maximum absolute atomic E-state index is 6.53. The molecular weight excluding hydrogens is 695 g/mol. The molecule has 4 heterocycles. The highest BCUT2D eigenvalue weighted by Crippen LogP contribution is 2.45. The molecule has 5 nitrogen and oxygen atoms in total. The first kappa shape index (κ1) is 30.3. The fourth-order valence-corrected chi connectivity index (χ4v) is 9.42. The molecule has 0 atom stereocenters. The largest absolute Gasteiger partial charge is 0.456 e. The van der Waals surface area contributed by atoms with E-state index in [1.807, 2.05) is 53.8 Å². The summed E-state index contributed by atoms with van der Waals surface area (Å²) >= 11 is 1.83.